The van der Waals surface area contributed by atoms with Crippen LogP contribution >= 0.6 is 0 Å². The van der Waals surface area contributed by atoms with Crippen molar-refractivity contribution in [1.29, 1.82) is 5.26 Å². The number of benzene rings is 1. The highest BCUT2D eigenvalue weighted by atomic mass is 16.2. The van der Waals surface area contributed by atoms with Crippen molar-refractivity contribution in [3.05, 3.63) is 35.9 Å². The lowest BCUT2D eigenvalue weighted by atomic mass is 9.79. The van der Waals surface area contributed by atoms with Gasteiger partial charge in [0.05, 0.1) is 17.5 Å². The van der Waals surface area contributed by atoms with Gasteiger partial charge in [-0.05, 0) is 25.8 Å². The van der Waals surface area contributed by atoms with E-state index in [0.29, 0.717) is 6.42 Å². The van der Waals surface area contributed by atoms with Crippen molar-refractivity contribution >= 4 is 11.8 Å². The van der Waals surface area contributed by atoms with E-state index >= 15 is 0 Å². The summed E-state index contributed by atoms with van der Waals surface area (Å²) in [6.45, 7) is 3.58. The van der Waals surface area contributed by atoms with Crippen molar-refractivity contribution in [3.63, 3.8) is 0 Å². The number of hydrogen-bond acceptors (Lipinski definition) is 3. The van der Waals surface area contributed by atoms with Gasteiger partial charge < -0.3 is 9.80 Å². The molecule has 4 atom stereocenters. The molecule has 2 aliphatic heterocycles. The Kier molecular flexibility index (Phi) is 3.21. The molecular weight excluding hydrogens is 278 g/mol. The lowest BCUT2D eigenvalue weighted by molar-refractivity contribution is -0.159. The van der Waals surface area contributed by atoms with E-state index < -0.39 is 17.5 Å². The largest absolute Gasteiger partial charge is 0.332 e. The van der Waals surface area contributed by atoms with Crippen LogP contribution in [0.2, 0.25) is 0 Å². The molecule has 0 aliphatic carbocycles. The Morgan fingerprint density at radius 2 is 1.86 bits per heavy atom. The summed E-state index contributed by atoms with van der Waals surface area (Å²) in [4.78, 5) is 28.5. The third-order valence-electron chi connectivity index (χ3n) is 5.03. The second-order valence-corrected chi connectivity index (χ2v) is 6.43. The summed E-state index contributed by atoms with van der Waals surface area (Å²) in [5.74, 6) is -0.160. The van der Waals surface area contributed by atoms with E-state index in [1.807, 2.05) is 37.3 Å². The van der Waals surface area contributed by atoms with E-state index in [1.165, 1.54) is 4.90 Å². The van der Waals surface area contributed by atoms with Crippen LogP contribution in [0.3, 0.4) is 0 Å². The predicted molar refractivity (Wildman–Crippen MR) is 80.4 cm³/mol. The lowest BCUT2D eigenvalue weighted by Gasteiger charge is -2.42. The molecule has 5 nitrogen and oxygen atoms in total. The Morgan fingerprint density at radius 1 is 1.23 bits per heavy atom. The van der Waals surface area contributed by atoms with Crippen molar-refractivity contribution in [2.45, 2.75) is 38.4 Å². The van der Waals surface area contributed by atoms with E-state index in [2.05, 4.69) is 6.07 Å². The molecule has 0 spiro atoms. The van der Waals surface area contributed by atoms with Crippen LogP contribution in [0.5, 0.6) is 0 Å². The molecule has 2 aliphatic rings. The van der Waals surface area contributed by atoms with Crippen LogP contribution in [0.15, 0.2) is 30.3 Å². The average molecular weight is 297 g/mol. The molecular formula is C17H19N3O2. The highest BCUT2D eigenvalue weighted by Crippen LogP contribution is 2.51. The number of nitrogens with zero attached hydrogens (tertiary/aromatic N) is 3. The molecule has 2 heterocycles. The number of piperazine rings is 1. The molecule has 2 fully saturated rings. The third kappa shape index (κ3) is 1.83. The van der Waals surface area contributed by atoms with Gasteiger partial charge in [-0.2, -0.15) is 5.26 Å². The highest BCUT2D eigenvalue weighted by Gasteiger charge is 2.58. The first kappa shape index (κ1) is 14.6. The zero-order valence-electron chi connectivity index (χ0n) is 13.0. The van der Waals surface area contributed by atoms with Crippen LogP contribution in [0.25, 0.3) is 0 Å². The van der Waals surface area contributed by atoms with Gasteiger partial charge in [-0.15, -0.1) is 0 Å². The van der Waals surface area contributed by atoms with E-state index in [0.717, 1.165) is 5.56 Å². The van der Waals surface area contributed by atoms with Crippen molar-refractivity contribution in [2.75, 3.05) is 7.05 Å². The van der Waals surface area contributed by atoms with Gasteiger partial charge >= 0.3 is 0 Å². The second-order valence-electron chi connectivity index (χ2n) is 6.43. The quantitative estimate of drug-likeness (QED) is 0.793. The molecule has 1 aromatic carbocycles. The first-order valence-electron chi connectivity index (χ1n) is 7.46. The van der Waals surface area contributed by atoms with Crippen molar-refractivity contribution in [1.82, 2.24) is 9.80 Å². The fraction of sp³-hybridized carbons (Fsp3) is 0.471. The fourth-order valence-electron chi connectivity index (χ4n) is 3.66. The fourth-order valence-corrected chi connectivity index (χ4v) is 3.66. The van der Waals surface area contributed by atoms with Gasteiger partial charge in [-0.25, -0.2) is 0 Å². The first-order chi connectivity index (χ1) is 10.4. The summed E-state index contributed by atoms with van der Waals surface area (Å²) in [7, 11) is 1.65. The molecule has 2 amide bonds. The summed E-state index contributed by atoms with van der Waals surface area (Å²) in [6.07, 6.45) is 0.380. The van der Waals surface area contributed by atoms with E-state index in [-0.39, 0.29) is 17.9 Å². The topological polar surface area (TPSA) is 64.4 Å². The Labute approximate surface area is 130 Å². The predicted octanol–water partition coefficient (Wildman–Crippen LogP) is 1.72. The van der Waals surface area contributed by atoms with Gasteiger partial charge in [-0.3, -0.25) is 9.59 Å². The normalized spacial score (nSPS) is 34.5. The van der Waals surface area contributed by atoms with Gasteiger partial charge in [0.2, 0.25) is 11.8 Å². The van der Waals surface area contributed by atoms with Crippen LogP contribution in [-0.4, -0.2) is 40.7 Å². The van der Waals surface area contributed by atoms with Crippen molar-refractivity contribution in [2.24, 2.45) is 5.41 Å². The standard InChI is InChI=1S/C17H19N3O2/c1-11-15(21)20-13(16(22)19(11)3)9-17(2,10-18)14(20)12-7-5-4-6-8-12/h4-8,11,13-14H,9H2,1-3H3. The zero-order chi connectivity index (χ0) is 16.1. The van der Waals surface area contributed by atoms with Crippen molar-refractivity contribution in [3.8, 4) is 6.07 Å². The molecule has 114 valence electrons. The van der Waals surface area contributed by atoms with Gasteiger partial charge in [0.1, 0.15) is 12.1 Å². The number of amides is 2. The van der Waals surface area contributed by atoms with Crippen LogP contribution in [-0.2, 0) is 9.59 Å². The number of carbonyl (C=O) groups excluding carboxylic acids is 2. The Balaban J connectivity index is 2.13. The van der Waals surface area contributed by atoms with Gasteiger partial charge in [0.15, 0.2) is 0 Å². The molecule has 22 heavy (non-hydrogen) atoms. The molecule has 3 rings (SSSR count). The number of nitriles is 1. The van der Waals surface area contributed by atoms with E-state index in [1.54, 1.807) is 18.9 Å². The lowest BCUT2D eigenvalue weighted by Crippen LogP contribution is -2.60. The SMILES string of the molecule is CC1C(=O)N2C(CC(C)(C#N)C2c2ccccc2)C(=O)N1C. The first-order valence-corrected chi connectivity index (χ1v) is 7.46. The van der Waals surface area contributed by atoms with E-state index in [4.69, 9.17) is 0 Å². The molecule has 0 bridgehead atoms. The van der Waals surface area contributed by atoms with Crippen molar-refractivity contribution < 1.29 is 9.59 Å². The molecule has 5 heteroatoms. The molecule has 4 unspecified atom stereocenters. The number of likely N-dealkylation sites (N-methyl/N-ethyl adjacent to an activating group) is 1. The number of carbonyl (C=O) groups is 2. The molecule has 0 radical (unpaired) electrons. The summed E-state index contributed by atoms with van der Waals surface area (Å²) >= 11 is 0. The minimum atomic E-state index is -0.762. The number of fused-ring (bicyclic) bond motifs is 1. The Bertz CT molecular complexity index is 666. The maximum atomic E-state index is 12.8. The second kappa shape index (κ2) is 4.84. The van der Waals surface area contributed by atoms with Gasteiger partial charge in [0, 0.05) is 7.05 Å². The minimum Gasteiger partial charge on any atom is -0.332 e. The van der Waals surface area contributed by atoms with Gasteiger partial charge in [0.25, 0.3) is 0 Å². The van der Waals surface area contributed by atoms with Gasteiger partial charge in [-0.1, -0.05) is 30.3 Å². The molecule has 0 N–H and O–H groups in total. The highest BCUT2D eigenvalue weighted by molar-refractivity contribution is 5.97. The minimum absolute atomic E-state index is 0.0768. The smallest absolute Gasteiger partial charge is 0.246 e. The van der Waals surface area contributed by atoms with Crippen LogP contribution < -0.4 is 0 Å². The zero-order valence-corrected chi connectivity index (χ0v) is 13.0. The van der Waals surface area contributed by atoms with E-state index in [9.17, 15) is 14.9 Å². The maximum Gasteiger partial charge on any atom is 0.246 e. The van der Waals surface area contributed by atoms with Crippen LogP contribution in [0.1, 0.15) is 31.9 Å². The molecule has 0 aromatic heterocycles. The third-order valence-corrected chi connectivity index (χ3v) is 5.03. The summed E-state index contributed by atoms with van der Waals surface area (Å²) in [5.41, 5.74) is 0.148. The molecule has 2 saturated heterocycles. The van der Waals surface area contributed by atoms with Crippen LogP contribution in [0, 0.1) is 16.7 Å². The number of rotatable bonds is 1. The summed E-state index contributed by atoms with van der Waals surface area (Å²) in [5, 5.41) is 9.70. The summed E-state index contributed by atoms with van der Waals surface area (Å²) in [6, 6.07) is 10.5. The number of hydrogen-bond donors (Lipinski definition) is 0. The molecule has 1 aromatic rings. The average Bonchev–Trinajstić information content (AvgIpc) is 2.86. The Hall–Kier alpha value is -2.35. The molecule has 0 saturated carbocycles. The van der Waals surface area contributed by atoms with Crippen LogP contribution in [0.4, 0.5) is 0 Å². The monoisotopic (exact) mass is 297 g/mol. The maximum absolute atomic E-state index is 12.8. The summed E-state index contributed by atoms with van der Waals surface area (Å²) < 4.78 is 0. The Morgan fingerprint density at radius 3 is 2.45 bits per heavy atom.